The summed E-state index contributed by atoms with van der Waals surface area (Å²) in [6, 6.07) is 6.44. The highest BCUT2D eigenvalue weighted by Crippen LogP contribution is 2.22. The molecule has 0 bridgehead atoms. The van der Waals surface area contributed by atoms with Crippen molar-refractivity contribution in [1.82, 2.24) is 5.32 Å². The number of nitrogens with one attached hydrogen (secondary N) is 1. The van der Waals surface area contributed by atoms with E-state index in [0.29, 0.717) is 12.1 Å². The highest BCUT2D eigenvalue weighted by molar-refractivity contribution is 5.37. The van der Waals surface area contributed by atoms with Crippen molar-refractivity contribution >= 4 is 0 Å². The summed E-state index contributed by atoms with van der Waals surface area (Å²) in [5.41, 5.74) is 1.32. The molecule has 1 N–H and O–H groups in total. The Bertz CT molecular complexity index is 431. The Labute approximate surface area is 108 Å². The molecule has 0 amide bonds. The fraction of sp³-hybridized carbons (Fsp3) is 0.533. The molecule has 0 unspecified atom stereocenters. The van der Waals surface area contributed by atoms with Gasteiger partial charge < -0.3 is 5.32 Å². The zero-order chi connectivity index (χ0) is 12.8. The lowest BCUT2D eigenvalue weighted by Gasteiger charge is -2.21. The van der Waals surface area contributed by atoms with Gasteiger partial charge >= 0.3 is 0 Å². The second-order valence-corrected chi connectivity index (χ2v) is 5.05. The van der Waals surface area contributed by atoms with Crippen LogP contribution in [-0.2, 0) is 6.54 Å². The van der Waals surface area contributed by atoms with E-state index < -0.39 is 0 Å². The molecular formula is C15H19FN2. The summed E-state index contributed by atoms with van der Waals surface area (Å²) in [7, 11) is 0. The highest BCUT2D eigenvalue weighted by Gasteiger charge is 2.13. The molecular weight excluding hydrogens is 227 g/mol. The van der Waals surface area contributed by atoms with Gasteiger partial charge in [-0.2, -0.15) is 5.26 Å². The summed E-state index contributed by atoms with van der Waals surface area (Å²) in [4.78, 5) is 0. The van der Waals surface area contributed by atoms with Crippen LogP contribution in [0.25, 0.3) is 0 Å². The van der Waals surface area contributed by atoms with Gasteiger partial charge in [0.05, 0.1) is 11.6 Å². The lowest BCUT2D eigenvalue weighted by Crippen LogP contribution is -2.24. The van der Waals surface area contributed by atoms with E-state index in [9.17, 15) is 4.39 Å². The number of hydrogen-bond donors (Lipinski definition) is 1. The van der Waals surface area contributed by atoms with Crippen molar-refractivity contribution in [2.45, 2.75) is 38.6 Å². The Morgan fingerprint density at radius 2 is 2.06 bits per heavy atom. The maximum atomic E-state index is 13.1. The van der Waals surface area contributed by atoms with Gasteiger partial charge in [-0.25, -0.2) is 4.39 Å². The van der Waals surface area contributed by atoms with Gasteiger partial charge in [0.1, 0.15) is 5.82 Å². The maximum absolute atomic E-state index is 13.1. The van der Waals surface area contributed by atoms with Crippen LogP contribution in [0, 0.1) is 23.1 Å². The summed E-state index contributed by atoms with van der Waals surface area (Å²) in [5.74, 6) is 0.473. The van der Waals surface area contributed by atoms with Gasteiger partial charge in [0, 0.05) is 6.54 Å². The quantitative estimate of drug-likeness (QED) is 0.884. The van der Waals surface area contributed by atoms with Gasteiger partial charge in [-0.05, 0) is 49.1 Å². The topological polar surface area (TPSA) is 35.8 Å². The molecule has 0 atom stereocenters. The van der Waals surface area contributed by atoms with Crippen molar-refractivity contribution < 1.29 is 4.39 Å². The van der Waals surface area contributed by atoms with Crippen LogP contribution in [0.2, 0.25) is 0 Å². The molecule has 3 heteroatoms. The van der Waals surface area contributed by atoms with E-state index in [4.69, 9.17) is 5.26 Å². The van der Waals surface area contributed by atoms with Crippen LogP contribution < -0.4 is 5.32 Å². The highest BCUT2D eigenvalue weighted by atomic mass is 19.1. The van der Waals surface area contributed by atoms with Crippen molar-refractivity contribution in [3.05, 3.63) is 35.1 Å². The molecule has 1 saturated carbocycles. The SMILES string of the molecule is N#Cc1ccc(F)cc1CNCC1CCCCC1. The number of benzene rings is 1. The fourth-order valence-corrected chi connectivity index (χ4v) is 2.62. The van der Waals surface area contributed by atoms with E-state index in [2.05, 4.69) is 11.4 Å². The first kappa shape index (κ1) is 13.0. The lowest BCUT2D eigenvalue weighted by molar-refractivity contribution is 0.342. The molecule has 0 heterocycles. The first-order valence-corrected chi connectivity index (χ1v) is 6.69. The van der Waals surface area contributed by atoms with Crippen LogP contribution in [0.4, 0.5) is 4.39 Å². The molecule has 0 radical (unpaired) electrons. The van der Waals surface area contributed by atoms with Crippen LogP contribution in [0.3, 0.4) is 0 Å². The van der Waals surface area contributed by atoms with Crippen molar-refractivity contribution in [1.29, 1.82) is 5.26 Å². The molecule has 0 saturated heterocycles. The first-order valence-electron chi connectivity index (χ1n) is 6.69. The largest absolute Gasteiger partial charge is 0.312 e. The normalized spacial score (nSPS) is 16.4. The Balaban J connectivity index is 1.86. The Morgan fingerprint density at radius 1 is 1.28 bits per heavy atom. The van der Waals surface area contributed by atoms with Crippen molar-refractivity contribution in [2.75, 3.05) is 6.54 Å². The third-order valence-corrected chi connectivity index (χ3v) is 3.66. The third-order valence-electron chi connectivity index (χ3n) is 3.66. The lowest BCUT2D eigenvalue weighted by atomic mass is 9.89. The monoisotopic (exact) mass is 246 g/mol. The van der Waals surface area contributed by atoms with E-state index in [1.54, 1.807) is 6.07 Å². The Morgan fingerprint density at radius 3 is 2.78 bits per heavy atom. The molecule has 2 nitrogen and oxygen atoms in total. The molecule has 1 aromatic carbocycles. The molecule has 1 aliphatic carbocycles. The smallest absolute Gasteiger partial charge is 0.123 e. The third kappa shape index (κ3) is 3.54. The van der Waals surface area contributed by atoms with Gasteiger partial charge in [0.2, 0.25) is 0 Å². The molecule has 96 valence electrons. The second kappa shape index (κ2) is 6.51. The van der Waals surface area contributed by atoms with Crippen LogP contribution in [0.1, 0.15) is 43.2 Å². The van der Waals surface area contributed by atoms with Gasteiger partial charge in [-0.15, -0.1) is 0 Å². The number of rotatable bonds is 4. The standard InChI is InChI=1S/C15H19FN2/c16-15-7-6-13(9-17)14(8-15)11-18-10-12-4-2-1-3-5-12/h6-8,12,18H,1-5,10-11H2. The molecule has 1 aliphatic rings. The van der Waals surface area contributed by atoms with E-state index in [1.807, 2.05) is 0 Å². The minimum atomic E-state index is -0.275. The van der Waals surface area contributed by atoms with Gasteiger partial charge in [0.25, 0.3) is 0 Å². The predicted molar refractivity (Wildman–Crippen MR) is 69.4 cm³/mol. The number of halogens is 1. The van der Waals surface area contributed by atoms with Crippen LogP contribution >= 0.6 is 0 Å². The van der Waals surface area contributed by atoms with Crippen LogP contribution in [0.15, 0.2) is 18.2 Å². The zero-order valence-corrected chi connectivity index (χ0v) is 10.6. The van der Waals surface area contributed by atoms with Gasteiger partial charge in [0.15, 0.2) is 0 Å². The predicted octanol–water partition coefficient (Wildman–Crippen LogP) is 3.37. The average Bonchev–Trinajstić information content (AvgIpc) is 2.40. The fourth-order valence-electron chi connectivity index (χ4n) is 2.62. The Hall–Kier alpha value is -1.40. The van der Waals surface area contributed by atoms with Crippen LogP contribution in [-0.4, -0.2) is 6.54 Å². The molecule has 0 aliphatic heterocycles. The van der Waals surface area contributed by atoms with Crippen LogP contribution in [0.5, 0.6) is 0 Å². The molecule has 0 spiro atoms. The molecule has 18 heavy (non-hydrogen) atoms. The maximum Gasteiger partial charge on any atom is 0.123 e. The minimum Gasteiger partial charge on any atom is -0.312 e. The van der Waals surface area contributed by atoms with Crippen molar-refractivity contribution in [3.8, 4) is 6.07 Å². The zero-order valence-electron chi connectivity index (χ0n) is 10.6. The molecule has 2 rings (SSSR count). The molecule has 0 aromatic heterocycles. The first-order chi connectivity index (χ1) is 8.79. The van der Waals surface area contributed by atoms with Gasteiger partial charge in [-0.1, -0.05) is 19.3 Å². The number of nitriles is 1. The van der Waals surface area contributed by atoms with E-state index in [-0.39, 0.29) is 5.82 Å². The Kier molecular flexibility index (Phi) is 4.72. The van der Waals surface area contributed by atoms with Gasteiger partial charge in [-0.3, -0.25) is 0 Å². The van der Waals surface area contributed by atoms with Crippen molar-refractivity contribution in [2.24, 2.45) is 5.92 Å². The van der Waals surface area contributed by atoms with E-state index >= 15 is 0 Å². The summed E-state index contributed by atoms with van der Waals surface area (Å²) in [5, 5.41) is 12.3. The number of hydrogen-bond acceptors (Lipinski definition) is 2. The second-order valence-electron chi connectivity index (χ2n) is 5.05. The summed E-state index contributed by atoms with van der Waals surface area (Å²) < 4.78 is 13.1. The number of nitrogens with zero attached hydrogens (tertiary/aromatic N) is 1. The minimum absolute atomic E-state index is 0.275. The van der Waals surface area contributed by atoms with E-state index in [1.165, 1.54) is 44.2 Å². The van der Waals surface area contributed by atoms with E-state index in [0.717, 1.165) is 18.0 Å². The summed E-state index contributed by atoms with van der Waals surface area (Å²) >= 11 is 0. The summed E-state index contributed by atoms with van der Waals surface area (Å²) in [6.45, 7) is 1.55. The molecule has 1 aromatic rings. The summed E-state index contributed by atoms with van der Waals surface area (Å²) in [6.07, 6.45) is 6.60. The van der Waals surface area contributed by atoms with Crippen molar-refractivity contribution in [3.63, 3.8) is 0 Å². The average molecular weight is 246 g/mol. The molecule has 1 fully saturated rings.